The van der Waals surface area contributed by atoms with Crippen LogP contribution in [0.15, 0.2) is 0 Å². The summed E-state index contributed by atoms with van der Waals surface area (Å²) in [5.74, 6) is -1.60. The van der Waals surface area contributed by atoms with E-state index in [1.807, 2.05) is 13.8 Å². The van der Waals surface area contributed by atoms with E-state index in [0.29, 0.717) is 6.42 Å². The Kier molecular flexibility index (Phi) is 6.84. The van der Waals surface area contributed by atoms with E-state index in [0.717, 1.165) is 19.3 Å². The maximum absolute atomic E-state index is 13.6. The Labute approximate surface area is 216 Å². The summed E-state index contributed by atoms with van der Waals surface area (Å²) in [6, 6.07) is -0.841. The van der Waals surface area contributed by atoms with Crippen molar-refractivity contribution < 1.29 is 27.6 Å². The van der Waals surface area contributed by atoms with Gasteiger partial charge in [-0.05, 0) is 54.8 Å². The summed E-state index contributed by atoms with van der Waals surface area (Å²) in [6.07, 6.45) is -0.843. The van der Waals surface area contributed by atoms with Gasteiger partial charge in [-0.15, -0.1) is 0 Å². The fourth-order valence-electron chi connectivity index (χ4n) is 6.40. The molecule has 6 atom stereocenters. The monoisotopic (exact) mass is 525 g/mol. The Balaban J connectivity index is 1.47. The molecule has 1 spiro atoms. The topological polar surface area (TPSA) is 114 Å². The molecule has 2 aliphatic heterocycles. The van der Waals surface area contributed by atoms with Crippen molar-refractivity contribution in [3.8, 4) is 6.07 Å². The van der Waals surface area contributed by atoms with Crippen molar-refractivity contribution >= 4 is 17.7 Å². The quantitative estimate of drug-likeness (QED) is 0.473. The molecule has 0 bridgehead atoms. The molecule has 3 amide bonds. The molecule has 3 N–H and O–H groups in total. The van der Waals surface area contributed by atoms with E-state index in [4.69, 9.17) is 0 Å². The van der Waals surface area contributed by atoms with Gasteiger partial charge in [-0.2, -0.15) is 18.4 Å². The van der Waals surface area contributed by atoms with Crippen LogP contribution in [0.4, 0.5) is 13.2 Å². The SMILES string of the molecule is CC(C)(C)[C@H](NCC(F)(F)F)C(=O)N1C[C@H]2[C@@H]([C@H]1C(=O)N[C@H](C#N)C[C@@H]1CCC3(CC3)NC1=O)C2(C)C. The van der Waals surface area contributed by atoms with E-state index in [2.05, 4.69) is 22.0 Å². The van der Waals surface area contributed by atoms with Crippen LogP contribution in [-0.2, 0) is 14.4 Å². The van der Waals surface area contributed by atoms with Crippen LogP contribution in [-0.4, -0.2) is 65.6 Å². The van der Waals surface area contributed by atoms with Gasteiger partial charge in [0, 0.05) is 18.0 Å². The van der Waals surface area contributed by atoms with Gasteiger partial charge in [-0.3, -0.25) is 19.7 Å². The van der Waals surface area contributed by atoms with Gasteiger partial charge in [0.1, 0.15) is 12.1 Å². The number of alkyl halides is 3. The van der Waals surface area contributed by atoms with Crippen LogP contribution < -0.4 is 16.0 Å². The minimum absolute atomic E-state index is 0.0508. The summed E-state index contributed by atoms with van der Waals surface area (Å²) >= 11 is 0. The van der Waals surface area contributed by atoms with Crippen molar-refractivity contribution in [2.24, 2.45) is 28.6 Å². The van der Waals surface area contributed by atoms with Crippen molar-refractivity contribution in [1.29, 1.82) is 5.26 Å². The third-order valence-electron chi connectivity index (χ3n) is 8.96. The van der Waals surface area contributed by atoms with Crippen molar-refractivity contribution in [3.05, 3.63) is 0 Å². The standard InChI is InChI=1S/C26H38F3N5O3/c1-23(2,3)19(31-13-26(27,28)29)22(37)34-12-16-17(24(16,4)5)18(34)21(36)32-15(11-30)10-14-6-7-25(8-9-25)33-20(14)35/h14-19,31H,6-10,12-13H2,1-5H3,(H,32,36)(H,33,35)/t14-,15-,16-,17-,18-,19+/m0/s1. The normalized spacial score (nSPS) is 31.1. The summed E-state index contributed by atoms with van der Waals surface area (Å²) < 4.78 is 38.9. The lowest BCUT2D eigenvalue weighted by Crippen LogP contribution is -2.60. The molecule has 4 fully saturated rings. The molecule has 206 valence electrons. The van der Waals surface area contributed by atoms with E-state index in [-0.39, 0.29) is 47.6 Å². The number of carbonyl (C=O) groups excluding carboxylic acids is 3. The van der Waals surface area contributed by atoms with Gasteiger partial charge in [-0.25, -0.2) is 0 Å². The van der Waals surface area contributed by atoms with Crippen molar-refractivity contribution in [2.45, 2.75) is 96.6 Å². The van der Waals surface area contributed by atoms with Gasteiger partial charge >= 0.3 is 6.18 Å². The Morgan fingerprint density at radius 2 is 1.86 bits per heavy atom. The number of nitrogens with one attached hydrogen (secondary N) is 3. The number of nitrogens with zero attached hydrogens (tertiary/aromatic N) is 2. The number of nitriles is 1. The number of amides is 3. The molecule has 0 aromatic rings. The fraction of sp³-hybridized carbons (Fsp3) is 0.846. The third kappa shape index (κ3) is 5.59. The van der Waals surface area contributed by atoms with E-state index in [1.165, 1.54) is 4.90 Å². The summed E-state index contributed by atoms with van der Waals surface area (Å²) in [6.45, 7) is 8.03. The summed E-state index contributed by atoms with van der Waals surface area (Å²) in [7, 11) is 0. The molecule has 0 aromatic carbocycles. The van der Waals surface area contributed by atoms with Crippen LogP contribution in [0.25, 0.3) is 0 Å². The Morgan fingerprint density at radius 1 is 1.22 bits per heavy atom. The average Bonchev–Trinajstić information content (AvgIpc) is 3.55. The number of piperidine rings is 2. The first-order chi connectivity index (χ1) is 17.0. The lowest BCUT2D eigenvalue weighted by atomic mass is 9.85. The van der Waals surface area contributed by atoms with Gasteiger partial charge in [0.25, 0.3) is 0 Å². The molecule has 2 saturated carbocycles. The maximum atomic E-state index is 13.6. The summed E-state index contributed by atoms with van der Waals surface area (Å²) in [4.78, 5) is 41.1. The number of carbonyl (C=O) groups is 3. The molecule has 0 aromatic heterocycles. The van der Waals surface area contributed by atoms with Crippen LogP contribution in [0, 0.1) is 39.9 Å². The molecule has 8 nitrogen and oxygen atoms in total. The number of hydrogen-bond donors (Lipinski definition) is 3. The minimum Gasteiger partial charge on any atom is -0.350 e. The number of halogens is 3. The zero-order chi connectivity index (χ0) is 27.6. The highest BCUT2D eigenvalue weighted by Crippen LogP contribution is 2.65. The fourth-order valence-corrected chi connectivity index (χ4v) is 6.40. The second-order valence-corrected chi connectivity index (χ2v) is 13.1. The first kappa shape index (κ1) is 27.7. The molecular weight excluding hydrogens is 487 g/mol. The molecule has 4 aliphatic rings. The second kappa shape index (κ2) is 9.14. The zero-order valence-electron chi connectivity index (χ0n) is 22.2. The second-order valence-electron chi connectivity index (χ2n) is 13.1. The predicted molar refractivity (Wildman–Crippen MR) is 129 cm³/mol. The number of hydrogen-bond acceptors (Lipinski definition) is 5. The Hall–Kier alpha value is -2.35. The first-order valence-electron chi connectivity index (χ1n) is 13.1. The molecule has 4 rings (SSSR count). The highest BCUT2D eigenvalue weighted by molar-refractivity contribution is 5.92. The van der Waals surface area contributed by atoms with Crippen molar-refractivity contribution in [2.75, 3.05) is 13.1 Å². The molecule has 0 radical (unpaired) electrons. The van der Waals surface area contributed by atoms with Crippen LogP contribution in [0.5, 0.6) is 0 Å². The average molecular weight is 526 g/mol. The van der Waals surface area contributed by atoms with Gasteiger partial charge in [0.05, 0.1) is 18.7 Å². The molecule has 11 heteroatoms. The van der Waals surface area contributed by atoms with Gasteiger partial charge in [0.15, 0.2) is 0 Å². The van der Waals surface area contributed by atoms with E-state index < -0.39 is 48.1 Å². The van der Waals surface area contributed by atoms with Gasteiger partial charge in [0.2, 0.25) is 17.7 Å². The largest absolute Gasteiger partial charge is 0.401 e. The predicted octanol–water partition coefficient (Wildman–Crippen LogP) is 2.49. The van der Waals surface area contributed by atoms with Crippen molar-refractivity contribution in [1.82, 2.24) is 20.9 Å². The van der Waals surface area contributed by atoms with Crippen LogP contribution in [0.2, 0.25) is 0 Å². The zero-order valence-corrected chi connectivity index (χ0v) is 22.2. The lowest BCUT2D eigenvalue weighted by Gasteiger charge is -2.38. The van der Waals surface area contributed by atoms with E-state index in [1.54, 1.807) is 20.8 Å². The van der Waals surface area contributed by atoms with Crippen LogP contribution in [0.1, 0.15) is 66.7 Å². The third-order valence-corrected chi connectivity index (χ3v) is 8.96. The highest BCUT2D eigenvalue weighted by atomic mass is 19.4. The molecule has 37 heavy (non-hydrogen) atoms. The minimum atomic E-state index is -4.49. The van der Waals surface area contributed by atoms with Gasteiger partial charge in [-0.1, -0.05) is 34.6 Å². The molecule has 2 aliphatic carbocycles. The first-order valence-corrected chi connectivity index (χ1v) is 13.1. The molecule has 2 heterocycles. The summed E-state index contributed by atoms with van der Waals surface area (Å²) in [5.41, 5.74) is -1.09. The van der Waals surface area contributed by atoms with Crippen LogP contribution >= 0.6 is 0 Å². The highest BCUT2D eigenvalue weighted by Gasteiger charge is 2.69. The Morgan fingerprint density at radius 3 is 2.38 bits per heavy atom. The number of rotatable bonds is 7. The van der Waals surface area contributed by atoms with Crippen molar-refractivity contribution in [3.63, 3.8) is 0 Å². The Bertz CT molecular complexity index is 995. The molecule has 0 unspecified atom stereocenters. The van der Waals surface area contributed by atoms with Crippen LogP contribution in [0.3, 0.4) is 0 Å². The molecular formula is C26H38F3N5O3. The number of likely N-dealkylation sites (tertiary alicyclic amines) is 1. The lowest BCUT2D eigenvalue weighted by molar-refractivity contribution is -0.147. The maximum Gasteiger partial charge on any atom is 0.401 e. The molecule has 2 saturated heterocycles. The van der Waals surface area contributed by atoms with E-state index >= 15 is 0 Å². The smallest absolute Gasteiger partial charge is 0.350 e. The van der Waals surface area contributed by atoms with Gasteiger partial charge < -0.3 is 15.5 Å². The van der Waals surface area contributed by atoms with E-state index in [9.17, 15) is 32.8 Å². The summed E-state index contributed by atoms with van der Waals surface area (Å²) in [5, 5.41) is 17.9. The number of fused-ring (bicyclic) bond motifs is 1.